The Kier molecular flexibility index (Phi) is 15.5. The van der Waals surface area contributed by atoms with Crippen LogP contribution in [0.4, 0.5) is 28.7 Å². The van der Waals surface area contributed by atoms with Gasteiger partial charge >= 0.3 is 23.9 Å². The normalized spacial score (nSPS) is 12.4. The number of nitrogens with zero attached hydrogens (tertiary/aromatic N) is 6. The third-order valence-corrected chi connectivity index (χ3v) is 9.10. The van der Waals surface area contributed by atoms with Crippen LogP contribution in [0.3, 0.4) is 0 Å². The maximum Gasteiger partial charge on any atom is 0.326 e. The Labute approximate surface area is 361 Å². The average molecular weight is 882 g/mol. The van der Waals surface area contributed by atoms with E-state index in [0.717, 1.165) is 0 Å². The van der Waals surface area contributed by atoms with E-state index in [1.165, 1.54) is 24.3 Å². The van der Waals surface area contributed by atoms with Crippen molar-refractivity contribution < 1.29 is 49.2 Å². The summed E-state index contributed by atoms with van der Waals surface area (Å²) in [5.74, 6) is -4.40. The minimum Gasteiger partial charge on any atom is -0.481 e. The van der Waals surface area contributed by atoms with Gasteiger partial charge in [0.05, 0.1) is 37.2 Å². The predicted molar refractivity (Wildman–Crippen MR) is 230 cm³/mol. The Morgan fingerprint density at radius 2 is 1.27 bits per heavy atom. The molecule has 0 saturated carbocycles. The molecule has 3 aromatic heterocycles. The number of aromatic amines is 1. The van der Waals surface area contributed by atoms with Gasteiger partial charge in [0.1, 0.15) is 23.7 Å². The zero-order valence-corrected chi connectivity index (χ0v) is 34.2. The van der Waals surface area contributed by atoms with Gasteiger partial charge < -0.3 is 57.7 Å². The monoisotopic (exact) mass is 881 g/mol. The van der Waals surface area contributed by atoms with Crippen molar-refractivity contribution in [1.29, 1.82) is 0 Å². The fourth-order valence-corrected chi connectivity index (χ4v) is 5.86. The van der Waals surface area contributed by atoms with Gasteiger partial charge in [0.15, 0.2) is 28.5 Å². The number of fused-ring (bicyclic) bond motifs is 2. The van der Waals surface area contributed by atoms with Crippen molar-refractivity contribution in [3.05, 3.63) is 93.6 Å². The van der Waals surface area contributed by atoms with E-state index < -0.39 is 47.8 Å². The molecule has 12 N–H and O–H groups in total. The SMILES string of the molecule is Cc1nc(N)c2nc(CNc3ccc(C(=O)N[C@@H](CCC(=O)O)C(=O)O)cc3)cnc2n1.Cc1nc2c(c(=O)[nH]1)N=C(CNc1ccc(C(=O)N[C@@H](CCC(=O)O)C(=O)O)cc1)CN2. The summed E-state index contributed by atoms with van der Waals surface area (Å²) >= 11 is 0. The number of aryl methyl sites for hydroxylation is 2. The van der Waals surface area contributed by atoms with Crippen LogP contribution < -0.4 is 37.9 Å². The molecule has 0 spiro atoms. The van der Waals surface area contributed by atoms with Crippen LogP contribution in [0.25, 0.3) is 11.2 Å². The molecule has 0 fully saturated rings. The second kappa shape index (κ2) is 21.3. The van der Waals surface area contributed by atoms with Crippen molar-refractivity contribution in [2.24, 2.45) is 4.99 Å². The first-order valence-electron chi connectivity index (χ1n) is 19.3. The number of benzene rings is 2. The molecule has 2 aromatic carbocycles. The van der Waals surface area contributed by atoms with Gasteiger partial charge in [-0.1, -0.05) is 0 Å². The molecule has 0 saturated heterocycles. The van der Waals surface area contributed by atoms with E-state index in [-0.39, 0.29) is 53.9 Å². The second-order valence-corrected chi connectivity index (χ2v) is 14.0. The summed E-state index contributed by atoms with van der Waals surface area (Å²) in [5, 5.41) is 49.7. The molecule has 1 aliphatic heterocycles. The number of carboxylic acid groups (broad SMARTS) is 4. The van der Waals surface area contributed by atoms with Crippen LogP contribution in [0.1, 0.15) is 63.7 Å². The molecule has 64 heavy (non-hydrogen) atoms. The number of carbonyl (C=O) groups excluding carboxylic acids is 2. The van der Waals surface area contributed by atoms with Crippen molar-refractivity contribution in [3.8, 4) is 0 Å². The summed E-state index contributed by atoms with van der Waals surface area (Å²) in [6.45, 7) is 4.50. The summed E-state index contributed by atoms with van der Waals surface area (Å²) < 4.78 is 0. The summed E-state index contributed by atoms with van der Waals surface area (Å²) in [6, 6.07) is 10.1. The predicted octanol–water partition coefficient (Wildman–Crippen LogP) is 1.71. The number of nitrogens with two attached hydrogens (primary N) is 1. The van der Waals surface area contributed by atoms with Crippen molar-refractivity contribution >= 4 is 81.3 Å². The zero-order chi connectivity index (χ0) is 46.5. The van der Waals surface area contributed by atoms with Crippen molar-refractivity contribution in [2.75, 3.05) is 34.8 Å². The number of carbonyl (C=O) groups is 6. The molecule has 0 unspecified atom stereocenters. The molecule has 5 aromatic rings. The number of nitrogen functional groups attached to an aromatic ring is 1. The number of aromatic nitrogens is 6. The van der Waals surface area contributed by atoms with Gasteiger partial charge in [-0.05, 0) is 75.2 Å². The van der Waals surface area contributed by atoms with Crippen LogP contribution in [0, 0.1) is 13.8 Å². The molecule has 0 radical (unpaired) electrons. The van der Waals surface area contributed by atoms with Crippen LogP contribution in [0.2, 0.25) is 0 Å². The summed E-state index contributed by atoms with van der Waals surface area (Å²) in [5.41, 5.74) is 9.77. The first-order valence-corrected chi connectivity index (χ1v) is 19.3. The van der Waals surface area contributed by atoms with Gasteiger partial charge in [-0.25, -0.2) is 39.5 Å². The Morgan fingerprint density at radius 3 is 1.78 bits per heavy atom. The standard InChI is InChI=1S/C20H21N7O5.C20H22N6O6/c1-10-24-17(21)16-18(25-10)23-9-13(26-16)8-22-12-4-2-11(3-5-12)19(30)27-14(20(31)32)6-7-15(28)29;1-10-23-17-16(19(30)24-10)25-13(9-22-17)8-21-12-4-2-11(3-5-12)18(29)26-14(20(31)32)6-7-15(27)28/h2-5,9,14,22H,6-8H2,1H3,(H,27,30)(H,28,29)(H,31,32)(H2,21,23,24,25);2-5,14,21H,6-9H2,1H3,(H,26,29)(H,27,28)(H,31,32)(H2,22,23,24,30)/t2*14-/m00/s1. The number of aliphatic carboxylic acids is 4. The van der Waals surface area contributed by atoms with Crippen LogP contribution in [0.5, 0.6) is 0 Å². The van der Waals surface area contributed by atoms with Crippen molar-refractivity contribution in [3.63, 3.8) is 0 Å². The quantitative estimate of drug-likeness (QED) is 0.0596. The van der Waals surface area contributed by atoms with Crippen LogP contribution >= 0.6 is 0 Å². The van der Waals surface area contributed by atoms with Gasteiger partial charge in [0, 0.05) is 35.3 Å². The maximum absolute atomic E-state index is 12.3. The smallest absolute Gasteiger partial charge is 0.326 e. The topological polar surface area (TPSA) is 379 Å². The highest BCUT2D eigenvalue weighted by Gasteiger charge is 2.23. The highest BCUT2D eigenvalue weighted by atomic mass is 16.4. The number of hydrogen-bond acceptors (Lipinski definition) is 17. The van der Waals surface area contributed by atoms with E-state index in [0.29, 0.717) is 71.0 Å². The van der Waals surface area contributed by atoms with E-state index in [9.17, 15) is 33.6 Å². The lowest BCUT2D eigenvalue weighted by molar-refractivity contribution is -0.142. The lowest BCUT2D eigenvalue weighted by atomic mass is 10.1. The summed E-state index contributed by atoms with van der Waals surface area (Å²) in [7, 11) is 0. The number of amides is 2. The lowest BCUT2D eigenvalue weighted by Gasteiger charge is -2.17. The van der Waals surface area contributed by atoms with Crippen LogP contribution in [0.15, 0.2) is 64.5 Å². The molecular formula is C40H43N13O11. The van der Waals surface area contributed by atoms with E-state index in [2.05, 4.69) is 61.5 Å². The average Bonchev–Trinajstić information content (AvgIpc) is 3.25. The third-order valence-electron chi connectivity index (χ3n) is 9.10. The van der Waals surface area contributed by atoms with Gasteiger partial charge in [-0.15, -0.1) is 0 Å². The second-order valence-electron chi connectivity index (χ2n) is 14.0. The van der Waals surface area contributed by atoms with Gasteiger partial charge in [-0.2, -0.15) is 0 Å². The fourth-order valence-electron chi connectivity index (χ4n) is 5.86. The molecule has 4 heterocycles. The minimum atomic E-state index is -1.30. The molecule has 2 atom stereocenters. The van der Waals surface area contributed by atoms with Crippen LogP contribution in [-0.2, 0) is 25.7 Å². The number of carboxylic acids is 4. The Balaban J connectivity index is 0.000000241. The van der Waals surface area contributed by atoms with E-state index >= 15 is 0 Å². The molecule has 1 aliphatic rings. The number of anilines is 4. The third kappa shape index (κ3) is 13.2. The molecular weight excluding hydrogens is 839 g/mol. The fraction of sp³-hybridized carbons (Fsp3) is 0.275. The number of H-pyrrole nitrogens is 1. The first kappa shape index (κ1) is 46.5. The summed E-state index contributed by atoms with van der Waals surface area (Å²) in [4.78, 5) is 108. The molecule has 6 rings (SSSR count). The van der Waals surface area contributed by atoms with Gasteiger partial charge in [0.2, 0.25) is 0 Å². The van der Waals surface area contributed by atoms with Crippen molar-refractivity contribution in [1.82, 2.24) is 40.5 Å². The zero-order valence-electron chi connectivity index (χ0n) is 34.2. The largest absolute Gasteiger partial charge is 0.481 e. The number of rotatable bonds is 18. The van der Waals surface area contributed by atoms with E-state index in [1.807, 2.05) is 0 Å². The number of hydrogen-bond donors (Lipinski definition) is 11. The molecule has 0 bridgehead atoms. The van der Waals surface area contributed by atoms with Crippen LogP contribution in [-0.4, -0.2) is 117 Å². The molecule has 2 amide bonds. The van der Waals surface area contributed by atoms with Gasteiger partial charge in [-0.3, -0.25) is 24.0 Å². The highest BCUT2D eigenvalue weighted by Crippen LogP contribution is 2.21. The lowest BCUT2D eigenvalue weighted by Crippen LogP contribution is -2.41. The Bertz CT molecular complexity index is 2660. The molecule has 24 nitrogen and oxygen atoms in total. The summed E-state index contributed by atoms with van der Waals surface area (Å²) in [6.07, 6.45) is 0.414. The molecule has 334 valence electrons. The molecule has 24 heteroatoms. The van der Waals surface area contributed by atoms with E-state index in [1.54, 1.807) is 44.3 Å². The maximum atomic E-state index is 12.3. The number of aliphatic imine (C=N–C) groups is 1. The Morgan fingerprint density at radius 1 is 0.734 bits per heavy atom. The van der Waals surface area contributed by atoms with Crippen molar-refractivity contribution in [2.45, 2.75) is 58.2 Å². The first-order chi connectivity index (χ1) is 30.4. The molecule has 0 aliphatic carbocycles. The number of nitrogens with one attached hydrogen (secondary N) is 6. The van der Waals surface area contributed by atoms with E-state index in [4.69, 9.17) is 26.2 Å². The Hall–Kier alpha value is -8.57. The highest BCUT2D eigenvalue weighted by molar-refractivity contribution is 5.99. The van der Waals surface area contributed by atoms with Gasteiger partial charge in [0.25, 0.3) is 17.4 Å². The minimum absolute atomic E-state index is 0.210.